The molecule has 1 aliphatic rings. The zero-order chi connectivity index (χ0) is 17.5. The number of hydrazine groups is 1. The van der Waals surface area contributed by atoms with Crippen LogP contribution in [-0.4, -0.2) is 29.5 Å². The lowest BCUT2D eigenvalue weighted by Crippen LogP contribution is -2.51. The van der Waals surface area contributed by atoms with E-state index in [1.54, 1.807) is 0 Å². The Morgan fingerprint density at radius 2 is 1.83 bits per heavy atom. The lowest BCUT2D eigenvalue weighted by Gasteiger charge is -2.16. The van der Waals surface area contributed by atoms with E-state index in [4.69, 9.17) is 35.4 Å². The molecule has 0 saturated heterocycles. The second kappa shape index (κ2) is 9.05. The van der Waals surface area contributed by atoms with E-state index in [1.165, 1.54) is 31.0 Å². The van der Waals surface area contributed by atoms with Gasteiger partial charge in [-0.3, -0.25) is 20.4 Å². The van der Waals surface area contributed by atoms with Crippen molar-refractivity contribution < 1.29 is 9.59 Å². The minimum Gasteiger partial charge on any atom is -0.359 e. The summed E-state index contributed by atoms with van der Waals surface area (Å²) in [5.41, 5.74) is 5.37. The van der Waals surface area contributed by atoms with Gasteiger partial charge in [-0.15, -0.1) is 0 Å². The lowest BCUT2D eigenvalue weighted by molar-refractivity contribution is -0.120. The van der Waals surface area contributed by atoms with Crippen LogP contribution >= 0.6 is 35.4 Å². The third-order valence-corrected chi connectivity index (χ3v) is 4.56. The van der Waals surface area contributed by atoms with Crippen LogP contribution in [0.2, 0.25) is 10.0 Å². The van der Waals surface area contributed by atoms with Gasteiger partial charge in [0.1, 0.15) is 0 Å². The molecule has 0 aromatic heterocycles. The predicted octanol–water partition coefficient (Wildman–Crippen LogP) is 2.16. The summed E-state index contributed by atoms with van der Waals surface area (Å²) in [6.07, 6.45) is 4.53. The number of halogens is 2. The van der Waals surface area contributed by atoms with Crippen LogP contribution < -0.4 is 21.5 Å². The Balaban J connectivity index is 1.69. The summed E-state index contributed by atoms with van der Waals surface area (Å²) >= 11 is 16.7. The lowest BCUT2D eigenvalue weighted by atomic mass is 10.2. The molecule has 9 heteroatoms. The molecule has 130 valence electrons. The van der Waals surface area contributed by atoms with E-state index >= 15 is 0 Å². The Labute approximate surface area is 155 Å². The van der Waals surface area contributed by atoms with Crippen LogP contribution in [0.5, 0.6) is 0 Å². The number of benzene rings is 1. The molecule has 4 N–H and O–H groups in total. The van der Waals surface area contributed by atoms with Gasteiger partial charge < -0.3 is 10.6 Å². The van der Waals surface area contributed by atoms with Crippen LogP contribution in [0.3, 0.4) is 0 Å². The quantitative estimate of drug-likeness (QED) is 0.469. The molecule has 1 fully saturated rings. The van der Waals surface area contributed by atoms with Gasteiger partial charge in [0.2, 0.25) is 0 Å². The first kappa shape index (κ1) is 18.8. The molecule has 0 radical (unpaired) electrons. The molecule has 2 amide bonds. The number of hydrogen-bond acceptors (Lipinski definition) is 3. The van der Waals surface area contributed by atoms with Crippen LogP contribution in [0.4, 0.5) is 0 Å². The van der Waals surface area contributed by atoms with Gasteiger partial charge in [-0.1, -0.05) is 36.0 Å². The summed E-state index contributed by atoms with van der Waals surface area (Å²) in [5, 5.41) is 6.62. The van der Waals surface area contributed by atoms with Crippen LogP contribution in [-0.2, 0) is 4.79 Å². The van der Waals surface area contributed by atoms with Crippen molar-refractivity contribution >= 4 is 52.3 Å². The first-order valence-electron chi connectivity index (χ1n) is 7.54. The van der Waals surface area contributed by atoms with E-state index in [1.807, 2.05) is 0 Å². The van der Waals surface area contributed by atoms with Crippen molar-refractivity contribution in [2.24, 2.45) is 0 Å². The second-order valence-electron chi connectivity index (χ2n) is 5.44. The highest BCUT2D eigenvalue weighted by molar-refractivity contribution is 7.80. The fraction of sp³-hybridized carbons (Fsp3) is 0.400. The molecule has 2 rings (SSSR count). The molecule has 0 unspecified atom stereocenters. The average Bonchev–Trinajstić information content (AvgIpc) is 3.06. The Morgan fingerprint density at radius 3 is 2.50 bits per heavy atom. The molecular weight excluding hydrogens is 371 g/mol. The van der Waals surface area contributed by atoms with E-state index in [-0.39, 0.29) is 11.6 Å². The minimum absolute atomic E-state index is 0.196. The zero-order valence-electron chi connectivity index (χ0n) is 12.8. The third-order valence-electron chi connectivity index (χ3n) is 3.60. The molecule has 0 spiro atoms. The van der Waals surface area contributed by atoms with E-state index in [2.05, 4.69) is 21.5 Å². The zero-order valence-corrected chi connectivity index (χ0v) is 15.2. The Morgan fingerprint density at radius 1 is 1.12 bits per heavy atom. The number of amides is 2. The maximum atomic E-state index is 11.9. The summed E-state index contributed by atoms with van der Waals surface area (Å²) in [7, 11) is 0. The maximum Gasteiger partial charge on any atom is 0.257 e. The fourth-order valence-electron chi connectivity index (χ4n) is 2.36. The summed E-state index contributed by atoms with van der Waals surface area (Å²) in [4.78, 5) is 23.6. The monoisotopic (exact) mass is 388 g/mol. The van der Waals surface area contributed by atoms with Crippen LogP contribution in [0.15, 0.2) is 18.2 Å². The standard InChI is InChI=1S/C15H18Cl2N4O2S/c16-11-6-5-9(7-12(11)17)14(23)18-8-13(22)20-21-15(24)19-10-3-1-2-4-10/h5-7,10H,1-4,8H2,(H,18,23)(H,20,22)(H2,19,21,24). The van der Waals surface area contributed by atoms with Gasteiger partial charge in [0.05, 0.1) is 16.6 Å². The molecule has 1 saturated carbocycles. The van der Waals surface area contributed by atoms with Crippen molar-refractivity contribution in [3.63, 3.8) is 0 Å². The van der Waals surface area contributed by atoms with Gasteiger partial charge in [-0.05, 0) is 43.3 Å². The van der Waals surface area contributed by atoms with Gasteiger partial charge in [0.25, 0.3) is 11.8 Å². The Hall–Kier alpha value is -1.57. The van der Waals surface area contributed by atoms with Crippen molar-refractivity contribution in [3.8, 4) is 0 Å². The normalized spacial score (nSPS) is 14.1. The smallest absolute Gasteiger partial charge is 0.257 e. The van der Waals surface area contributed by atoms with E-state index in [9.17, 15) is 9.59 Å². The van der Waals surface area contributed by atoms with Crippen LogP contribution in [0, 0.1) is 0 Å². The molecule has 6 nitrogen and oxygen atoms in total. The van der Waals surface area contributed by atoms with Crippen molar-refractivity contribution in [3.05, 3.63) is 33.8 Å². The summed E-state index contributed by atoms with van der Waals surface area (Å²) < 4.78 is 0. The minimum atomic E-state index is -0.421. The Bertz CT molecular complexity index is 636. The molecule has 24 heavy (non-hydrogen) atoms. The molecule has 0 aliphatic heterocycles. The SMILES string of the molecule is O=C(CNC(=O)c1ccc(Cl)c(Cl)c1)NNC(=S)NC1CCCC1. The summed E-state index contributed by atoms with van der Waals surface area (Å²) in [6.45, 7) is -0.196. The Kier molecular flexibility index (Phi) is 7.08. The van der Waals surface area contributed by atoms with E-state index in [0.717, 1.165) is 12.8 Å². The maximum absolute atomic E-state index is 11.9. The first-order chi connectivity index (χ1) is 11.5. The molecule has 1 aliphatic carbocycles. The van der Waals surface area contributed by atoms with Gasteiger partial charge in [-0.25, -0.2) is 0 Å². The van der Waals surface area contributed by atoms with Crippen molar-refractivity contribution in [1.82, 2.24) is 21.5 Å². The molecule has 0 bridgehead atoms. The number of rotatable bonds is 4. The predicted molar refractivity (Wildman–Crippen MR) is 98.1 cm³/mol. The van der Waals surface area contributed by atoms with Crippen molar-refractivity contribution in [2.45, 2.75) is 31.7 Å². The van der Waals surface area contributed by atoms with Gasteiger partial charge in [0, 0.05) is 11.6 Å². The van der Waals surface area contributed by atoms with Gasteiger partial charge >= 0.3 is 0 Å². The summed E-state index contributed by atoms with van der Waals surface area (Å²) in [5.74, 6) is -0.839. The number of nitrogens with one attached hydrogen (secondary N) is 4. The molecular formula is C15H18Cl2N4O2S. The largest absolute Gasteiger partial charge is 0.359 e. The highest BCUT2D eigenvalue weighted by atomic mass is 35.5. The molecule has 1 aromatic rings. The number of thiocarbonyl (C=S) groups is 1. The van der Waals surface area contributed by atoms with Gasteiger partial charge in [-0.2, -0.15) is 0 Å². The van der Waals surface area contributed by atoms with E-state index in [0.29, 0.717) is 21.7 Å². The molecule has 1 aromatic carbocycles. The fourth-order valence-corrected chi connectivity index (χ4v) is 2.88. The molecule has 0 heterocycles. The van der Waals surface area contributed by atoms with E-state index < -0.39 is 11.8 Å². The van der Waals surface area contributed by atoms with Crippen LogP contribution in [0.1, 0.15) is 36.0 Å². The molecule has 0 atom stereocenters. The number of carbonyl (C=O) groups is 2. The number of hydrogen-bond donors (Lipinski definition) is 4. The number of carbonyl (C=O) groups excluding carboxylic acids is 2. The van der Waals surface area contributed by atoms with Crippen LogP contribution in [0.25, 0.3) is 0 Å². The topological polar surface area (TPSA) is 82.3 Å². The highest BCUT2D eigenvalue weighted by Gasteiger charge is 2.15. The highest BCUT2D eigenvalue weighted by Crippen LogP contribution is 2.22. The summed E-state index contributed by atoms with van der Waals surface area (Å²) in [6, 6.07) is 4.85. The first-order valence-corrected chi connectivity index (χ1v) is 8.70. The van der Waals surface area contributed by atoms with Crippen molar-refractivity contribution in [2.75, 3.05) is 6.54 Å². The van der Waals surface area contributed by atoms with Crippen molar-refractivity contribution in [1.29, 1.82) is 0 Å². The average molecular weight is 389 g/mol. The second-order valence-corrected chi connectivity index (χ2v) is 6.66. The van der Waals surface area contributed by atoms with Gasteiger partial charge in [0.15, 0.2) is 5.11 Å². The third kappa shape index (κ3) is 5.81.